The van der Waals surface area contributed by atoms with Gasteiger partial charge >= 0.3 is 6.18 Å². The van der Waals surface area contributed by atoms with Crippen LogP contribution in [-0.2, 0) is 6.18 Å². The first-order chi connectivity index (χ1) is 10.8. The molecule has 0 amide bonds. The van der Waals surface area contributed by atoms with Crippen molar-refractivity contribution in [1.29, 1.82) is 0 Å². The highest BCUT2D eigenvalue weighted by Crippen LogP contribution is 2.29. The van der Waals surface area contributed by atoms with Crippen LogP contribution in [0.2, 0.25) is 0 Å². The van der Waals surface area contributed by atoms with E-state index in [4.69, 9.17) is 4.74 Å². The fraction of sp³-hybridized carbons (Fsp3) is 0.167. The molecule has 120 valence electrons. The van der Waals surface area contributed by atoms with Crippen molar-refractivity contribution in [3.63, 3.8) is 0 Å². The third kappa shape index (κ3) is 4.22. The zero-order valence-electron chi connectivity index (χ0n) is 12.6. The minimum absolute atomic E-state index is 0.247. The van der Waals surface area contributed by atoms with Crippen molar-refractivity contribution in [2.24, 2.45) is 0 Å². The molecule has 0 aromatic heterocycles. The molecule has 0 fully saturated rings. The second-order valence-electron chi connectivity index (χ2n) is 5.00. The van der Waals surface area contributed by atoms with Crippen LogP contribution in [0, 0.1) is 6.92 Å². The predicted octanol–water partition coefficient (Wildman–Crippen LogP) is 4.92. The summed E-state index contributed by atoms with van der Waals surface area (Å²) in [7, 11) is 1.52. The lowest BCUT2D eigenvalue weighted by atomic mass is 10.1. The quantitative estimate of drug-likeness (QED) is 0.590. The van der Waals surface area contributed by atoms with Crippen LogP contribution in [0.1, 0.15) is 27.0 Å². The van der Waals surface area contributed by atoms with Crippen LogP contribution >= 0.6 is 0 Å². The summed E-state index contributed by atoms with van der Waals surface area (Å²) < 4.78 is 42.6. The van der Waals surface area contributed by atoms with Crippen LogP contribution in [0.25, 0.3) is 6.08 Å². The van der Waals surface area contributed by atoms with E-state index in [1.54, 1.807) is 18.2 Å². The maximum Gasteiger partial charge on any atom is 0.416 e. The normalized spacial score (nSPS) is 11.7. The van der Waals surface area contributed by atoms with Gasteiger partial charge in [-0.3, -0.25) is 4.79 Å². The van der Waals surface area contributed by atoms with Gasteiger partial charge in [0.15, 0.2) is 5.78 Å². The van der Waals surface area contributed by atoms with Crippen LogP contribution in [0.3, 0.4) is 0 Å². The van der Waals surface area contributed by atoms with Gasteiger partial charge in [0.2, 0.25) is 0 Å². The van der Waals surface area contributed by atoms with Gasteiger partial charge in [-0.15, -0.1) is 0 Å². The summed E-state index contributed by atoms with van der Waals surface area (Å²) in [5.74, 6) is 0.363. The number of alkyl halides is 3. The largest absolute Gasteiger partial charge is 0.496 e. The summed E-state index contributed by atoms with van der Waals surface area (Å²) in [5.41, 5.74) is 1.17. The van der Waals surface area contributed by atoms with Gasteiger partial charge in [-0.2, -0.15) is 13.2 Å². The average Bonchev–Trinajstić information content (AvgIpc) is 2.52. The molecule has 0 aliphatic heterocycles. The standard InChI is InChI=1S/C18H15F3O2/c1-12-3-7-14(11-17(12)23-2)16(22)10-6-13-4-8-15(9-5-13)18(19,20)21/h3-11H,1-2H3/b10-6+. The summed E-state index contributed by atoms with van der Waals surface area (Å²) in [6.45, 7) is 1.87. The Morgan fingerprint density at radius 3 is 2.30 bits per heavy atom. The van der Waals surface area contributed by atoms with E-state index in [9.17, 15) is 18.0 Å². The van der Waals surface area contributed by atoms with Crippen molar-refractivity contribution in [2.45, 2.75) is 13.1 Å². The molecule has 0 saturated heterocycles. The Labute approximate surface area is 132 Å². The molecule has 5 heteroatoms. The van der Waals surface area contributed by atoms with Crippen LogP contribution < -0.4 is 4.74 Å². The number of hydrogen-bond acceptors (Lipinski definition) is 2. The minimum Gasteiger partial charge on any atom is -0.496 e. The molecule has 0 aliphatic carbocycles. The SMILES string of the molecule is COc1cc(C(=O)/C=C/c2ccc(C(F)(F)F)cc2)ccc1C. The first-order valence-electron chi connectivity index (χ1n) is 6.85. The Balaban J connectivity index is 2.15. The molecule has 0 bridgehead atoms. The average molecular weight is 320 g/mol. The molecule has 0 aliphatic rings. The van der Waals surface area contributed by atoms with E-state index in [2.05, 4.69) is 0 Å². The van der Waals surface area contributed by atoms with Gasteiger partial charge in [0.1, 0.15) is 5.75 Å². The third-order valence-corrected chi connectivity index (χ3v) is 3.36. The number of methoxy groups -OCH3 is 1. The Morgan fingerprint density at radius 2 is 1.74 bits per heavy atom. The fourth-order valence-electron chi connectivity index (χ4n) is 2.02. The number of carbonyl (C=O) groups is 1. The monoisotopic (exact) mass is 320 g/mol. The van der Waals surface area contributed by atoms with Gasteiger partial charge in [-0.05, 0) is 42.3 Å². The number of benzene rings is 2. The molecule has 23 heavy (non-hydrogen) atoms. The number of aryl methyl sites for hydroxylation is 1. The van der Waals surface area contributed by atoms with Gasteiger partial charge in [0.25, 0.3) is 0 Å². The Morgan fingerprint density at radius 1 is 1.09 bits per heavy atom. The van der Waals surface area contributed by atoms with Crippen LogP contribution in [0.5, 0.6) is 5.75 Å². The summed E-state index contributed by atoms with van der Waals surface area (Å²) in [6, 6.07) is 9.70. The maximum absolute atomic E-state index is 12.5. The van der Waals surface area contributed by atoms with Gasteiger partial charge in [-0.1, -0.05) is 30.3 Å². The van der Waals surface area contributed by atoms with E-state index in [0.29, 0.717) is 16.9 Å². The lowest BCUT2D eigenvalue weighted by Gasteiger charge is -2.06. The van der Waals surface area contributed by atoms with Crippen molar-refractivity contribution in [1.82, 2.24) is 0 Å². The van der Waals surface area contributed by atoms with Crippen molar-refractivity contribution in [3.8, 4) is 5.75 Å². The molecular formula is C18H15F3O2. The molecule has 0 atom stereocenters. The van der Waals surface area contributed by atoms with Gasteiger partial charge in [-0.25, -0.2) is 0 Å². The zero-order valence-corrected chi connectivity index (χ0v) is 12.6. The van der Waals surface area contributed by atoms with E-state index in [1.165, 1.54) is 31.4 Å². The Bertz CT molecular complexity index is 729. The maximum atomic E-state index is 12.5. The van der Waals surface area contributed by atoms with Crippen LogP contribution in [-0.4, -0.2) is 12.9 Å². The lowest BCUT2D eigenvalue weighted by Crippen LogP contribution is -2.04. The number of allylic oxidation sites excluding steroid dienone is 1. The minimum atomic E-state index is -4.36. The number of ketones is 1. The van der Waals surface area contributed by atoms with Crippen molar-refractivity contribution < 1.29 is 22.7 Å². The molecule has 0 radical (unpaired) electrons. The van der Waals surface area contributed by atoms with Gasteiger partial charge in [0, 0.05) is 5.56 Å². The number of halogens is 3. The molecular weight excluding hydrogens is 305 g/mol. The predicted molar refractivity (Wildman–Crippen MR) is 82.5 cm³/mol. The molecule has 2 rings (SSSR count). The van der Waals surface area contributed by atoms with E-state index >= 15 is 0 Å². The molecule has 2 nitrogen and oxygen atoms in total. The zero-order chi connectivity index (χ0) is 17.0. The van der Waals surface area contributed by atoms with Crippen molar-refractivity contribution >= 4 is 11.9 Å². The van der Waals surface area contributed by atoms with Crippen molar-refractivity contribution in [2.75, 3.05) is 7.11 Å². The number of rotatable bonds is 4. The third-order valence-electron chi connectivity index (χ3n) is 3.36. The van der Waals surface area contributed by atoms with E-state index in [-0.39, 0.29) is 5.78 Å². The second-order valence-corrected chi connectivity index (χ2v) is 5.00. The first kappa shape index (κ1) is 16.8. The summed E-state index contributed by atoms with van der Waals surface area (Å²) >= 11 is 0. The topological polar surface area (TPSA) is 26.3 Å². The van der Waals surface area contributed by atoms with Gasteiger partial charge in [0.05, 0.1) is 12.7 Å². The highest BCUT2D eigenvalue weighted by molar-refractivity contribution is 6.07. The van der Waals surface area contributed by atoms with Crippen molar-refractivity contribution in [3.05, 3.63) is 70.8 Å². The molecule has 2 aromatic carbocycles. The lowest BCUT2D eigenvalue weighted by molar-refractivity contribution is -0.137. The number of ether oxygens (including phenoxy) is 1. The second kappa shape index (κ2) is 6.69. The summed E-state index contributed by atoms with van der Waals surface area (Å²) in [6.07, 6.45) is -1.56. The Kier molecular flexibility index (Phi) is 4.89. The molecule has 0 heterocycles. The van der Waals surface area contributed by atoms with Gasteiger partial charge < -0.3 is 4.74 Å². The highest BCUT2D eigenvalue weighted by Gasteiger charge is 2.29. The number of carbonyl (C=O) groups excluding carboxylic acids is 1. The smallest absolute Gasteiger partial charge is 0.416 e. The molecule has 0 spiro atoms. The molecule has 0 N–H and O–H groups in total. The first-order valence-corrected chi connectivity index (χ1v) is 6.85. The fourth-order valence-corrected chi connectivity index (χ4v) is 2.02. The molecule has 2 aromatic rings. The Hall–Kier alpha value is -2.56. The van der Waals surface area contributed by atoms with E-state index in [1.807, 2.05) is 6.92 Å². The molecule has 0 saturated carbocycles. The number of hydrogen-bond donors (Lipinski definition) is 0. The highest BCUT2D eigenvalue weighted by atomic mass is 19.4. The summed E-state index contributed by atoms with van der Waals surface area (Å²) in [4.78, 5) is 12.1. The van der Waals surface area contributed by atoms with Crippen LogP contribution in [0.15, 0.2) is 48.5 Å². The van der Waals surface area contributed by atoms with E-state index in [0.717, 1.165) is 17.7 Å². The van der Waals surface area contributed by atoms with Crippen LogP contribution in [0.4, 0.5) is 13.2 Å². The van der Waals surface area contributed by atoms with E-state index < -0.39 is 11.7 Å². The summed E-state index contributed by atoms with van der Waals surface area (Å²) in [5, 5.41) is 0. The molecule has 0 unspecified atom stereocenters.